The molecule has 0 fully saturated rings. The summed E-state index contributed by atoms with van der Waals surface area (Å²) in [6.45, 7) is 0. The first kappa shape index (κ1) is 25.3. The second kappa shape index (κ2) is 10.2. The summed E-state index contributed by atoms with van der Waals surface area (Å²) in [4.78, 5) is 15.8. The summed E-state index contributed by atoms with van der Waals surface area (Å²) in [5.41, 5.74) is 10.8. The maximum Gasteiger partial charge on any atom is 0.154 e. The van der Waals surface area contributed by atoms with Crippen LogP contribution in [0.1, 0.15) is 0 Å². The van der Waals surface area contributed by atoms with E-state index < -0.39 is 0 Å². The Morgan fingerprint density at radius 2 is 1.40 bits per heavy atom. The summed E-state index contributed by atoms with van der Waals surface area (Å²) in [7, 11) is 0. The molecule has 212 valence electrons. The van der Waals surface area contributed by atoms with E-state index in [9.17, 15) is 0 Å². The topological polar surface area (TPSA) is 58.0 Å². The van der Waals surface area contributed by atoms with Gasteiger partial charge in [0, 0.05) is 39.3 Å². The van der Waals surface area contributed by atoms with Gasteiger partial charge in [0.2, 0.25) is 0 Å². The highest BCUT2D eigenvalue weighted by atomic mass is 16.3. The van der Waals surface area contributed by atoms with E-state index >= 15 is 0 Å². The predicted octanol–water partition coefficient (Wildman–Crippen LogP) is 10.8. The molecular weight excluding hydrogens is 552 g/mol. The van der Waals surface area contributed by atoms with Crippen molar-refractivity contribution < 1.29 is 4.42 Å². The molecule has 0 saturated carbocycles. The van der Waals surface area contributed by atoms with Gasteiger partial charge in [0.1, 0.15) is 16.9 Å². The van der Waals surface area contributed by atoms with Crippen molar-refractivity contribution in [1.82, 2.24) is 15.0 Å². The minimum atomic E-state index is 0.767. The SMILES string of the molecule is c1ccc(-c2ccccc2N(c2cccc(-c3ccc4oc5ccc6c7ccccc7[nH]c6c5c4n3)c2)c2ccccn2)cc1. The summed E-state index contributed by atoms with van der Waals surface area (Å²) < 4.78 is 6.28. The molecule has 0 aliphatic rings. The van der Waals surface area contributed by atoms with Crippen LogP contribution in [0.2, 0.25) is 0 Å². The Balaban J connectivity index is 1.22. The number of fused-ring (bicyclic) bond motifs is 7. The zero-order valence-corrected chi connectivity index (χ0v) is 24.2. The van der Waals surface area contributed by atoms with Gasteiger partial charge < -0.3 is 9.40 Å². The number of furan rings is 1. The number of aromatic nitrogens is 3. The van der Waals surface area contributed by atoms with Crippen molar-refractivity contribution >= 4 is 61.1 Å². The quantitative estimate of drug-likeness (QED) is 0.221. The highest BCUT2D eigenvalue weighted by Gasteiger charge is 2.20. The molecule has 9 aromatic rings. The highest BCUT2D eigenvalue weighted by Crippen LogP contribution is 2.41. The van der Waals surface area contributed by atoms with Gasteiger partial charge in [-0.2, -0.15) is 0 Å². The Morgan fingerprint density at radius 3 is 2.31 bits per heavy atom. The third kappa shape index (κ3) is 4.17. The molecule has 4 heterocycles. The number of pyridine rings is 2. The van der Waals surface area contributed by atoms with Crippen LogP contribution in [0.15, 0.2) is 156 Å². The van der Waals surface area contributed by atoms with Gasteiger partial charge in [-0.05, 0) is 66.2 Å². The normalized spacial score (nSPS) is 11.6. The lowest BCUT2D eigenvalue weighted by atomic mass is 10.0. The van der Waals surface area contributed by atoms with E-state index in [4.69, 9.17) is 14.4 Å². The molecule has 0 atom stereocenters. The molecule has 5 heteroatoms. The minimum absolute atomic E-state index is 0.767. The van der Waals surface area contributed by atoms with Crippen LogP contribution in [0.5, 0.6) is 0 Å². The average Bonchev–Trinajstić information content (AvgIpc) is 3.68. The smallest absolute Gasteiger partial charge is 0.154 e. The first-order valence-corrected chi connectivity index (χ1v) is 15.0. The fourth-order valence-electron chi connectivity index (χ4n) is 6.42. The molecule has 5 nitrogen and oxygen atoms in total. The maximum absolute atomic E-state index is 6.28. The Labute approximate surface area is 259 Å². The summed E-state index contributed by atoms with van der Waals surface area (Å²) in [6, 6.07) is 50.1. The summed E-state index contributed by atoms with van der Waals surface area (Å²) in [5, 5.41) is 3.36. The predicted molar refractivity (Wildman–Crippen MR) is 184 cm³/mol. The average molecular weight is 579 g/mol. The van der Waals surface area contributed by atoms with Gasteiger partial charge in [-0.15, -0.1) is 0 Å². The lowest BCUT2D eigenvalue weighted by Gasteiger charge is -2.27. The van der Waals surface area contributed by atoms with E-state index in [0.717, 1.165) is 78.1 Å². The van der Waals surface area contributed by atoms with E-state index in [1.807, 2.05) is 42.6 Å². The molecule has 0 amide bonds. The summed E-state index contributed by atoms with van der Waals surface area (Å²) >= 11 is 0. The first-order valence-electron chi connectivity index (χ1n) is 15.0. The third-order valence-electron chi connectivity index (χ3n) is 8.47. The number of para-hydroxylation sites is 2. The van der Waals surface area contributed by atoms with Gasteiger partial charge in [-0.25, -0.2) is 9.97 Å². The van der Waals surface area contributed by atoms with Gasteiger partial charge in [0.15, 0.2) is 5.58 Å². The van der Waals surface area contributed by atoms with Crippen LogP contribution < -0.4 is 4.90 Å². The Morgan fingerprint density at radius 1 is 0.600 bits per heavy atom. The molecule has 0 bridgehead atoms. The van der Waals surface area contributed by atoms with Crippen LogP contribution in [0, 0.1) is 0 Å². The van der Waals surface area contributed by atoms with Crippen molar-refractivity contribution in [1.29, 1.82) is 0 Å². The number of rotatable bonds is 5. The number of nitrogens with zero attached hydrogens (tertiary/aromatic N) is 3. The second-order valence-electron chi connectivity index (χ2n) is 11.1. The molecule has 5 aromatic carbocycles. The first-order chi connectivity index (χ1) is 22.3. The fourth-order valence-corrected chi connectivity index (χ4v) is 6.42. The van der Waals surface area contributed by atoms with Crippen molar-refractivity contribution in [3.63, 3.8) is 0 Å². The second-order valence-corrected chi connectivity index (χ2v) is 11.1. The number of H-pyrrole nitrogens is 1. The number of nitrogens with one attached hydrogen (secondary N) is 1. The Hall–Kier alpha value is -6.20. The van der Waals surface area contributed by atoms with Crippen LogP contribution in [0.3, 0.4) is 0 Å². The zero-order chi connectivity index (χ0) is 29.7. The highest BCUT2D eigenvalue weighted by molar-refractivity contribution is 6.22. The summed E-state index contributed by atoms with van der Waals surface area (Å²) in [6.07, 6.45) is 1.83. The molecular formula is C40H26N4O. The molecule has 0 spiro atoms. The van der Waals surface area contributed by atoms with Crippen LogP contribution in [0.4, 0.5) is 17.2 Å². The van der Waals surface area contributed by atoms with Crippen molar-refractivity contribution in [2.45, 2.75) is 0 Å². The standard InChI is InChI=1S/C40H26N4O/c1-2-11-26(12-3-1)29-15-5-7-18-34(29)44(37-19-8-9-24-41-37)28-14-10-13-27(25-28)32-21-23-36-40(42-32)38-35(45-36)22-20-31-30-16-4-6-17-33(30)43-39(31)38/h1-25,43H. The van der Waals surface area contributed by atoms with Gasteiger partial charge in [-0.1, -0.05) is 84.9 Å². The van der Waals surface area contributed by atoms with Crippen molar-refractivity contribution in [2.75, 3.05) is 4.90 Å². The lowest BCUT2D eigenvalue weighted by molar-refractivity contribution is 0.668. The Bertz CT molecular complexity index is 2500. The molecule has 1 N–H and O–H groups in total. The number of hydrogen-bond acceptors (Lipinski definition) is 4. The van der Waals surface area contributed by atoms with Gasteiger partial charge in [0.25, 0.3) is 0 Å². The number of aromatic amines is 1. The molecule has 4 aromatic heterocycles. The molecule has 0 unspecified atom stereocenters. The maximum atomic E-state index is 6.28. The van der Waals surface area contributed by atoms with E-state index in [2.05, 4.69) is 119 Å². The van der Waals surface area contributed by atoms with Crippen LogP contribution in [-0.2, 0) is 0 Å². The molecule has 0 radical (unpaired) electrons. The molecule has 0 aliphatic heterocycles. The van der Waals surface area contributed by atoms with Crippen LogP contribution >= 0.6 is 0 Å². The van der Waals surface area contributed by atoms with Crippen molar-refractivity contribution in [3.05, 3.63) is 152 Å². The van der Waals surface area contributed by atoms with E-state index in [-0.39, 0.29) is 0 Å². The summed E-state index contributed by atoms with van der Waals surface area (Å²) in [5.74, 6) is 0.837. The van der Waals surface area contributed by atoms with Crippen molar-refractivity contribution in [3.8, 4) is 22.4 Å². The molecule has 0 saturated heterocycles. The lowest BCUT2D eigenvalue weighted by Crippen LogP contribution is -2.12. The molecule has 9 rings (SSSR count). The number of benzene rings is 5. The largest absolute Gasteiger partial charge is 0.454 e. The number of hydrogen-bond donors (Lipinski definition) is 1. The third-order valence-corrected chi connectivity index (χ3v) is 8.47. The Kier molecular flexibility index (Phi) is 5.74. The monoisotopic (exact) mass is 578 g/mol. The molecule has 45 heavy (non-hydrogen) atoms. The van der Waals surface area contributed by atoms with Crippen LogP contribution in [-0.4, -0.2) is 15.0 Å². The zero-order valence-electron chi connectivity index (χ0n) is 24.2. The fraction of sp³-hybridized carbons (Fsp3) is 0. The van der Waals surface area contributed by atoms with E-state index in [0.29, 0.717) is 0 Å². The van der Waals surface area contributed by atoms with E-state index in [1.165, 1.54) is 5.39 Å². The number of anilines is 3. The van der Waals surface area contributed by atoms with Gasteiger partial charge >= 0.3 is 0 Å². The van der Waals surface area contributed by atoms with Crippen LogP contribution in [0.25, 0.3) is 66.3 Å². The molecule has 0 aliphatic carbocycles. The van der Waals surface area contributed by atoms with Gasteiger partial charge in [0.05, 0.1) is 22.3 Å². The van der Waals surface area contributed by atoms with Gasteiger partial charge in [-0.3, -0.25) is 4.90 Å². The van der Waals surface area contributed by atoms with Crippen molar-refractivity contribution in [2.24, 2.45) is 0 Å². The minimum Gasteiger partial charge on any atom is -0.454 e. The van der Waals surface area contributed by atoms with E-state index in [1.54, 1.807) is 0 Å².